The molecule has 4 aromatic carbocycles. The van der Waals surface area contributed by atoms with Gasteiger partial charge in [-0.25, -0.2) is 9.97 Å². The van der Waals surface area contributed by atoms with Gasteiger partial charge in [-0.2, -0.15) is 0 Å². The first-order chi connectivity index (χ1) is 12.9. The van der Waals surface area contributed by atoms with Crippen LogP contribution in [0.5, 0.6) is 0 Å². The highest BCUT2D eigenvalue weighted by Crippen LogP contribution is 2.30. The largest absolute Gasteiger partial charge is 0.236 e. The molecule has 26 heavy (non-hydrogen) atoms. The van der Waals surface area contributed by atoms with E-state index in [-0.39, 0.29) is 0 Å². The Morgan fingerprint density at radius 3 is 2.15 bits per heavy atom. The summed E-state index contributed by atoms with van der Waals surface area (Å²) in [7, 11) is 0. The van der Waals surface area contributed by atoms with Gasteiger partial charge in [0.2, 0.25) is 0 Å². The van der Waals surface area contributed by atoms with Crippen molar-refractivity contribution in [3.63, 3.8) is 0 Å². The molecule has 0 unspecified atom stereocenters. The highest BCUT2D eigenvalue weighted by Gasteiger charge is 2.08. The fraction of sp³-hybridized carbons (Fsp3) is 0. The molecule has 5 aromatic rings. The van der Waals surface area contributed by atoms with E-state index in [0.29, 0.717) is 0 Å². The van der Waals surface area contributed by atoms with Crippen molar-refractivity contribution in [2.24, 2.45) is 0 Å². The molecule has 0 saturated heterocycles. The Labute approximate surface area is 151 Å². The molecule has 0 aliphatic rings. The van der Waals surface area contributed by atoms with Crippen molar-refractivity contribution in [2.45, 2.75) is 0 Å². The smallest absolute Gasteiger partial charge is 0.116 e. The topological polar surface area (TPSA) is 25.8 Å². The number of rotatable bonds is 2. The molecule has 2 nitrogen and oxygen atoms in total. The van der Waals surface area contributed by atoms with E-state index in [9.17, 15) is 0 Å². The molecule has 0 N–H and O–H groups in total. The fourth-order valence-corrected chi connectivity index (χ4v) is 3.46. The van der Waals surface area contributed by atoms with Crippen LogP contribution in [0.4, 0.5) is 0 Å². The SMILES string of the molecule is c1ccc2cc(-c3cc(-c4cccc5ccccc45)ncn3)ccc2c1. The highest BCUT2D eigenvalue weighted by atomic mass is 14.8. The summed E-state index contributed by atoms with van der Waals surface area (Å²) in [6, 6.07) is 31.6. The van der Waals surface area contributed by atoms with Crippen molar-refractivity contribution in [3.8, 4) is 22.5 Å². The van der Waals surface area contributed by atoms with Crippen LogP contribution < -0.4 is 0 Å². The van der Waals surface area contributed by atoms with E-state index in [1.54, 1.807) is 6.33 Å². The standard InChI is InChI=1S/C24H16N2/c1-2-8-19-14-20(13-12-17(19)6-1)23-15-24(26-16-25-23)22-11-5-9-18-7-3-4-10-21(18)22/h1-16H. The van der Waals surface area contributed by atoms with Crippen LogP contribution in [0.2, 0.25) is 0 Å². The van der Waals surface area contributed by atoms with Gasteiger partial charge in [0.1, 0.15) is 6.33 Å². The molecular weight excluding hydrogens is 316 g/mol. The van der Waals surface area contributed by atoms with Crippen molar-refractivity contribution in [1.29, 1.82) is 0 Å². The predicted molar refractivity (Wildman–Crippen MR) is 108 cm³/mol. The van der Waals surface area contributed by atoms with Gasteiger partial charge >= 0.3 is 0 Å². The molecule has 0 spiro atoms. The Morgan fingerprint density at radius 1 is 0.500 bits per heavy atom. The van der Waals surface area contributed by atoms with Gasteiger partial charge in [-0.05, 0) is 33.7 Å². The van der Waals surface area contributed by atoms with Gasteiger partial charge in [0.05, 0.1) is 11.4 Å². The molecule has 0 saturated carbocycles. The van der Waals surface area contributed by atoms with Gasteiger partial charge in [0.15, 0.2) is 0 Å². The maximum atomic E-state index is 4.54. The molecular formula is C24H16N2. The van der Waals surface area contributed by atoms with E-state index in [2.05, 4.69) is 101 Å². The van der Waals surface area contributed by atoms with Crippen LogP contribution in [0.1, 0.15) is 0 Å². The summed E-state index contributed by atoms with van der Waals surface area (Å²) in [5.74, 6) is 0. The number of hydrogen-bond donors (Lipinski definition) is 0. The lowest BCUT2D eigenvalue weighted by molar-refractivity contribution is 1.18. The van der Waals surface area contributed by atoms with Crippen LogP contribution in [0.25, 0.3) is 44.1 Å². The molecule has 0 radical (unpaired) electrons. The van der Waals surface area contributed by atoms with Gasteiger partial charge in [0.25, 0.3) is 0 Å². The number of aromatic nitrogens is 2. The minimum absolute atomic E-state index is 0.939. The zero-order valence-electron chi connectivity index (χ0n) is 14.1. The summed E-state index contributed by atoms with van der Waals surface area (Å²) in [5, 5.41) is 4.88. The summed E-state index contributed by atoms with van der Waals surface area (Å²) >= 11 is 0. The minimum Gasteiger partial charge on any atom is -0.236 e. The number of hydrogen-bond acceptors (Lipinski definition) is 2. The molecule has 0 atom stereocenters. The Kier molecular flexibility index (Phi) is 3.46. The molecule has 1 aromatic heterocycles. The zero-order valence-corrected chi connectivity index (χ0v) is 14.1. The first-order valence-electron chi connectivity index (χ1n) is 8.68. The summed E-state index contributed by atoms with van der Waals surface area (Å²) in [6.07, 6.45) is 1.65. The molecule has 1 heterocycles. The van der Waals surface area contributed by atoms with Gasteiger partial charge < -0.3 is 0 Å². The second kappa shape index (κ2) is 6.08. The van der Waals surface area contributed by atoms with Gasteiger partial charge in [-0.1, -0.05) is 78.9 Å². The van der Waals surface area contributed by atoms with Crippen molar-refractivity contribution < 1.29 is 0 Å². The van der Waals surface area contributed by atoms with Gasteiger partial charge in [-0.15, -0.1) is 0 Å². The Balaban J connectivity index is 1.66. The number of benzene rings is 4. The zero-order chi connectivity index (χ0) is 17.3. The van der Waals surface area contributed by atoms with Crippen LogP contribution in [-0.2, 0) is 0 Å². The van der Waals surface area contributed by atoms with E-state index in [1.165, 1.54) is 21.5 Å². The number of fused-ring (bicyclic) bond motifs is 2. The molecule has 122 valence electrons. The van der Waals surface area contributed by atoms with Crippen molar-refractivity contribution in [1.82, 2.24) is 9.97 Å². The molecule has 0 fully saturated rings. The second-order valence-corrected chi connectivity index (χ2v) is 6.38. The van der Waals surface area contributed by atoms with Crippen molar-refractivity contribution in [2.75, 3.05) is 0 Å². The van der Waals surface area contributed by atoms with Gasteiger partial charge in [-0.3, -0.25) is 0 Å². The van der Waals surface area contributed by atoms with Crippen LogP contribution in [0.15, 0.2) is 97.3 Å². The Hall–Kier alpha value is -3.52. The monoisotopic (exact) mass is 332 g/mol. The molecule has 0 amide bonds. The lowest BCUT2D eigenvalue weighted by Gasteiger charge is -2.08. The highest BCUT2D eigenvalue weighted by molar-refractivity contribution is 5.96. The minimum atomic E-state index is 0.939. The van der Waals surface area contributed by atoms with Crippen molar-refractivity contribution >= 4 is 21.5 Å². The predicted octanol–water partition coefficient (Wildman–Crippen LogP) is 6.12. The van der Waals surface area contributed by atoms with E-state index >= 15 is 0 Å². The lowest BCUT2D eigenvalue weighted by atomic mass is 10.00. The molecule has 0 bridgehead atoms. The maximum absolute atomic E-state index is 4.54. The van der Waals surface area contributed by atoms with Crippen LogP contribution in [-0.4, -0.2) is 9.97 Å². The fourth-order valence-electron chi connectivity index (χ4n) is 3.46. The summed E-state index contributed by atoms with van der Waals surface area (Å²) < 4.78 is 0. The summed E-state index contributed by atoms with van der Waals surface area (Å²) in [6.45, 7) is 0. The Bertz CT molecular complexity index is 1240. The molecule has 5 rings (SSSR count). The number of nitrogens with zero attached hydrogens (tertiary/aromatic N) is 2. The van der Waals surface area contributed by atoms with E-state index in [4.69, 9.17) is 0 Å². The second-order valence-electron chi connectivity index (χ2n) is 6.38. The van der Waals surface area contributed by atoms with Crippen molar-refractivity contribution in [3.05, 3.63) is 97.3 Å². The average molecular weight is 332 g/mol. The van der Waals surface area contributed by atoms with E-state index in [1.807, 2.05) is 0 Å². The quantitative estimate of drug-likeness (QED) is 0.389. The first kappa shape index (κ1) is 14.8. The van der Waals surface area contributed by atoms with E-state index < -0.39 is 0 Å². The Morgan fingerprint density at radius 2 is 1.23 bits per heavy atom. The molecule has 2 heteroatoms. The third kappa shape index (κ3) is 2.52. The third-order valence-electron chi connectivity index (χ3n) is 4.78. The average Bonchev–Trinajstić information content (AvgIpc) is 2.73. The van der Waals surface area contributed by atoms with Crippen LogP contribution in [0, 0.1) is 0 Å². The maximum Gasteiger partial charge on any atom is 0.116 e. The molecule has 0 aliphatic carbocycles. The van der Waals surface area contributed by atoms with E-state index in [0.717, 1.165) is 22.5 Å². The first-order valence-corrected chi connectivity index (χ1v) is 8.68. The van der Waals surface area contributed by atoms with Gasteiger partial charge in [0, 0.05) is 11.1 Å². The van der Waals surface area contributed by atoms with Crippen LogP contribution >= 0.6 is 0 Å². The van der Waals surface area contributed by atoms with Crippen LogP contribution in [0.3, 0.4) is 0 Å². The lowest BCUT2D eigenvalue weighted by Crippen LogP contribution is -1.90. The normalized spacial score (nSPS) is 11.1. The summed E-state index contributed by atoms with van der Waals surface area (Å²) in [5.41, 5.74) is 4.12. The molecule has 0 aliphatic heterocycles. The summed E-state index contributed by atoms with van der Waals surface area (Å²) in [4.78, 5) is 9.05. The third-order valence-corrected chi connectivity index (χ3v) is 4.78.